The molecule has 1 atom stereocenters. The number of rotatable bonds is 6. The van der Waals surface area contributed by atoms with Gasteiger partial charge in [-0.1, -0.05) is 29.8 Å². The number of amides is 2. The van der Waals surface area contributed by atoms with Crippen LogP contribution in [0.1, 0.15) is 17.7 Å². The van der Waals surface area contributed by atoms with Crippen LogP contribution in [0.5, 0.6) is 0 Å². The number of halogens is 1. The number of nitrogens with zero attached hydrogens (tertiary/aromatic N) is 2. The van der Waals surface area contributed by atoms with E-state index in [1.54, 1.807) is 11.1 Å². The van der Waals surface area contributed by atoms with Crippen LogP contribution < -0.4 is 5.32 Å². The predicted octanol–water partition coefficient (Wildman–Crippen LogP) is 2.44. The van der Waals surface area contributed by atoms with Crippen molar-refractivity contribution in [3.05, 3.63) is 64.9 Å². The van der Waals surface area contributed by atoms with Crippen molar-refractivity contribution in [2.24, 2.45) is 5.92 Å². The van der Waals surface area contributed by atoms with Crippen LogP contribution in [0, 0.1) is 5.92 Å². The molecule has 0 saturated carbocycles. The number of carbonyl (C=O) groups excluding carboxylic acids is 2. The molecule has 25 heavy (non-hydrogen) atoms. The van der Waals surface area contributed by atoms with Gasteiger partial charge in [-0.3, -0.25) is 14.6 Å². The molecule has 1 N–H and O–H groups in total. The van der Waals surface area contributed by atoms with Crippen molar-refractivity contribution in [3.8, 4) is 0 Å². The lowest BCUT2D eigenvalue weighted by molar-refractivity contribution is -0.129. The SMILES string of the molecule is O=C(NCCc1cccc(Cl)c1)C1CC(=O)N(Cc2ccccn2)C1. The second-order valence-corrected chi connectivity index (χ2v) is 6.60. The van der Waals surface area contributed by atoms with E-state index in [-0.39, 0.29) is 24.2 Å². The van der Waals surface area contributed by atoms with Crippen molar-refractivity contribution < 1.29 is 9.59 Å². The molecule has 5 nitrogen and oxygen atoms in total. The molecular weight excluding hydrogens is 338 g/mol. The second kappa shape index (κ2) is 8.12. The number of nitrogens with one attached hydrogen (secondary N) is 1. The molecule has 0 aliphatic carbocycles. The molecule has 130 valence electrons. The van der Waals surface area contributed by atoms with Crippen molar-refractivity contribution >= 4 is 23.4 Å². The summed E-state index contributed by atoms with van der Waals surface area (Å²) >= 11 is 5.95. The summed E-state index contributed by atoms with van der Waals surface area (Å²) in [7, 11) is 0. The zero-order valence-electron chi connectivity index (χ0n) is 13.8. The number of likely N-dealkylation sites (tertiary alicyclic amines) is 1. The Kier molecular flexibility index (Phi) is 5.66. The molecule has 3 rings (SSSR count). The number of hydrogen-bond acceptors (Lipinski definition) is 3. The van der Waals surface area contributed by atoms with Crippen molar-refractivity contribution in [2.45, 2.75) is 19.4 Å². The van der Waals surface area contributed by atoms with Crippen LogP contribution in [0.3, 0.4) is 0 Å². The molecule has 6 heteroatoms. The first kappa shape index (κ1) is 17.4. The van der Waals surface area contributed by atoms with Crippen molar-refractivity contribution in [1.82, 2.24) is 15.2 Å². The third kappa shape index (κ3) is 4.79. The van der Waals surface area contributed by atoms with Gasteiger partial charge < -0.3 is 10.2 Å². The van der Waals surface area contributed by atoms with Crippen molar-refractivity contribution in [1.29, 1.82) is 0 Å². The minimum Gasteiger partial charge on any atom is -0.355 e. The maximum absolute atomic E-state index is 12.3. The summed E-state index contributed by atoms with van der Waals surface area (Å²) in [5.74, 6) is -0.366. The van der Waals surface area contributed by atoms with Crippen LogP contribution in [-0.4, -0.2) is 34.8 Å². The summed E-state index contributed by atoms with van der Waals surface area (Å²) < 4.78 is 0. The number of carbonyl (C=O) groups is 2. The zero-order chi connectivity index (χ0) is 17.6. The van der Waals surface area contributed by atoms with E-state index >= 15 is 0 Å². The third-order valence-corrected chi connectivity index (χ3v) is 4.50. The molecular formula is C19H20ClN3O2. The molecule has 0 radical (unpaired) electrons. The summed E-state index contributed by atoms with van der Waals surface area (Å²) in [5.41, 5.74) is 1.91. The minimum atomic E-state index is -0.296. The summed E-state index contributed by atoms with van der Waals surface area (Å²) in [4.78, 5) is 30.4. The largest absolute Gasteiger partial charge is 0.355 e. The first-order valence-corrected chi connectivity index (χ1v) is 8.69. The van der Waals surface area contributed by atoms with E-state index in [4.69, 9.17) is 11.6 Å². The van der Waals surface area contributed by atoms with Gasteiger partial charge in [0.05, 0.1) is 18.2 Å². The maximum atomic E-state index is 12.3. The standard InChI is InChI=1S/C19H20ClN3O2/c20-16-5-3-4-14(10-16)7-9-22-19(25)15-11-18(24)23(12-15)13-17-6-1-2-8-21-17/h1-6,8,10,15H,7,9,11-13H2,(H,22,25). The third-order valence-electron chi connectivity index (χ3n) is 4.27. The van der Waals surface area contributed by atoms with Crippen LogP contribution in [-0.2, 0) is 22.6 Å². The van der Waals surface area contributed by atoms with Gasteiger partial charge in [0.1, 0.15) is 0 Å². The van der Waals surface area contributed by atoms with Gasteiger partial charge in [0.25, 0.3) is 0 Å². The number of hydrogen-bond donors (Lipinski definition) is 1. The van der Waals surface area contributed by atoms with E-state index in [0.717, 1.165) is 11.3 Å². The lowest BCUT2D eigenvalue weighted by Gasteiger charge is -2.16. The predicted molar refractivity (Wildman–Crippen MR) is 95.9 cm³/mol. The lowest BCUT2D eigenvalue weighted by atomic mass is 10.1. The van der Waals surface area contributed by atoms with Gasteiger partial charge in [0.15, 0.2) is 0 Å². The second-order valence-electron chi connectivity index (χ2n) is 6.17. The highest BCUT2D eigenvalue weighted by atomic mass is 35.5. The quantitative estimate of drug-likeness (QED) is 0.863. The fraction of sp³-hybridized carbons (Fsp3) is 0.316. The Labute approximate surface area is 152 Å². The van der Waals surface area contributed by atoms with Crippen molar-refractivity contribution in [2.75, 3.05) is 13.1 Å². The zero-order valence-corrected chi connectivity index (χ0v) is 14.6. The Morgan fingerprint density at radius 1 is 1.28 bits per heavy atom. The summed E-state index contributed by atoms with van der Waals surface area (Å²) in [6.07, 6.45) is 2.68. The Morgan fingerprint density at radius 2 is 2.16 bits per heavy atom. The average Bonchev–Trinajstić information content (AvgIpc) is 2.97. The summed E-state index contributed by atoms with van der Waals surface area (Å²) in [6.45, 7) is 1.43. The van der Waals surface area contributed by atoms with E-state index in [9.17, 15) is 9.59 Å². The molecule has 1 aliphatic heterocycles. The first-order valence-electron chi connectivity index (χ1n) is 8.31. The molecule has 2 heterocycles. The summed E-state index contributed by atoms with van der Waals surface area (Å²) in [6, 6.07) is 13.2. The number of pyridine rings is 1. The van der Waals surface area contributed by atoms with E-state index < -0.39 is 0 Å². The van der Waals surface area contributed by atoms with Crippen LogP contribution in [0.25, 0.3) is 0 Å². The fourth-order valence-corrected chi connectivity index (χ4v) is 3.17. The highest BCUT2D eigenvalue weighted by Gasteiger charge is 2.34. The minimum absolute atomic E-state index is 0.000597. The molecule has 1 aromatic heterocycles. The van der Waals surface area contributed by atoms with E-state index in [2.05, 4.69) is 10.3 Å². The highest BCUT2D eigenvalue weighted by molar-refractivity contribution is 6.30. The Morgan fingerprint density at radius 3 is 2.92 bits per heavy atom. The van der Waals surface area contributed by atoms with Gasteiger partial charge in [0.2, 0.25) is 11.8 Å². The van der Waals surface area contributed by atoms with Gasteiger partial charge in [-0.05, 0) is 36.2 Å². The topological polar surface area (TPSA) is 62.3 Å². The number of benzene rings is 1. The van der Waals surface area contributed by atoms with Gasteiger partial charge in [-0.2, -0.15) is 0 Å². The monoisotopic (exact) mass is 357 g/mol. The van der Waals surface area contributed by atoms with Crippen LogP contribution in [0.4, 0.5) is 0 Å². The first-order chi connectivity index (χ1) is 12.1. The normalized spacial score (nSPS) is 16.9. The van der Waals surface area contributed by atoms with E-state index in [1.165, 1.54) is 0 Å². The Balaban J connectivity index is 1.47. The molecule has 0 bridgehead atoms. The number of aromatic nitrogens is 1. The Hall–Kier alpha value is -2.40. The van der Waals surface area contributed by atoms with Gasteiger partial charge in [0, 0.05) is 30.7 Å². The molecule has 1 unspecified atom stereocenters. The maximum Gasteiger partial charge on any atom is 0.225 e. The van der Waals surface area contributed by atoms with Crippen LogP contribution in [0.15, 0.2) is 48.7 Å². The van der Waals surface area contributed by atoms with Crippen LogP contribution in [0.2, 0.25) is 5.02 Å². The average molecular weight is 358 g/mol. The van der Waals surface area contributed by atoms with Crippen LogP contribution >= 0.6 is 11.6 Å². The molecule has 1 saturated heterocycles. The molecule has 2 aromatic rings. The van der Waals surface area contributed by atoms with Gasteiger partial charge in [-0.25, -0.2) is 0 Å². The lowest BCUT2D eigenvalue weighted by Crippen LogP contribution is -2.34. The van der Waals surface area contributed by atoms with E-state index in [1.807, 2.05) is 42.5 Å². The molecule has 1 fully saturated rings. The Bertz CT molecular complexity index is 751. The highest BCUT2D eigenvalue weighted by Crippen LogP contribution is 2.20. The molecule has 2 amide bonds. The van der Waals surface area contributed by atoms with Gasteiger partial charge >= 0.3 is 0 Å². The molecule has 1 aromatic carbocycles. The molecule has 1 aliphatic rings. The summed E-state index contributed by atoms with van der Waals surface area (Å²) in [5, 5.41) is 3.61. The molecule has 0 spiro atoms. The fourth-order valence-electron chi connectivity index (χ4n) is 2.95. The van der Waals surface area contributed by atoms with E-state index in [0.29, 0.717) is 31.1 Å². The van der Waals surface area contributed by atoms with Crippen molar-refractivity contribution in [3.63, 3.8) is 0 Å². The smallest absolute Gasteiger partial charge is 0.225 e. The van der Waals surface area contributed by atoms with Gasteiger partial charge in [-0.15, -0.1) is 0 Å².